The molecule has 0 spiro atoms. The number of ether oxygens (including phenoxy) is 2. The third-order valence-electron chi connectivity index (χ3n) is 4.26. The first kappa shape index (κ1) is 21.9. The second-order valence-electron chi connectivity index (χ2n) is 6.70. The molecule has 0 bridgehead atoms. The number of likely N-dealkylation sites (N-methyl/N-ethyl adjacent to an activating group) is 1. The summed E-state index contributed by atoms with van der Waals surface area (Å²) in [6.07, 6.45) is 1.69. The highest BCUT2D eigenvalue weighted by Crippen LogP contribution is 2.32. The highest BCUT2D eigenvalue weighted by Gasteiger charge is 2.19. The molecule has 0 aliphatic rings. The molecule has 8 heteroatoms. The second-order valence-corrected chi connectivity index (χ2v) is 6.70. The zero-order valence-corrected chi connectivity index (χ0v) is 16.9. The lowest BCUT2D eigenvalue weighted by atomic mass is 10.1. The van der Waals surface area contributed by atoms with E-state index in [1.807, 2.05) is 31.3 Å². The maximum atomic E-state index is 12.4. The molecule has 0 saturated heterocycles. The Morgan fingerprint density at radius 3 is 2.59 bits per heavy atom. The zero-order chi connectivity index (χ0) is 21.4. The molecule has 0 aromatic heterocycles. The van der Waals surface area contributed by atoms with E-state index in [4.69, 9.17) is 9.47 Å². The highest BCUT2D eigenvalue weighted by molar-refractivity contribution is 5.92. The van der Waals surface area contributed by atoms with Crippen LogP contribution in [0.4, 0.5) is 11.4 Å². The summed E-state index contributed by atoms with van der Waals surface area (Å²) in [5.41, 5.74) is 2.04. The number of carbonyl (C=O) groups is 1. The lowest BCUT2D eigenvalue weighted by Gasteiger charge is -2.15. The van der Waals surface area contributed by atoms with Crippen LogP contribution in [-0.4, -0.2) is 38.1 Å². The Hall–Kier alpha value is -3.39. The van der Waals surface area contributed by atoms with Gasteiger partial charge in [0.05, 0.1) is 19.1 Å². The van der Waals surface area contributed by atoms with Crippen molar-refractivity contribution in [2.75, 3.05) is 32.6 Å². The summed E-state index contributed by atoms with van der Waals surface area (Å²) >= 11 is 0. The summed E-state index contributed by atoms with van der Waals surface area (Å²) in [6, 6.07) is 10.6. The van der Waals surface area contributed by atoms with Gasteiger partial charge in [-0.2, -0.15) is 0 Å². The number of nitrogens with zero attached hydrogens (tertiary/aromatic N) is 1. The number of rotatable bonds is 10. The van der Waals surface area contributed by atoms with E-state index in [0.717, 1.165) is 16.2 Å². The molecule has 1 unspecified atom stereocenters. The minimum atomic E-state index is -0.511. The Balaban J connectivity index is 1.96. The van der Waals surface area contributed by atoms with Gasteiger partial charge in [-0.25, -0.2) is 0 Å². The average Bonchev–Trinajstić information content (AvgIpc) is 2.68. The van der Waals surface area contributed by atoms with Crippen LogP contribution in [0.15, 0.2) is 49.1 Å². The van der Waals surface area contributed by atoms with Crippen molar-refractivity contribution in [3.8, 4) is 11.5 Å². The summed E-state index contributed by atoms with van der Waals surface area (Å²) in [6.45, 7) is 6.68. The molecule has 1 amide bonds. The Morgan fingerprint density at radius 1 is 1.31 bits per heavy atom. The summed E-state index contributed by atoms with van der Waals surface area (Å²) in [4.78, 5) is 24.0. The normalized spacial score (nSPS) is 11.4. The highest BCUT2D eigenvalue weighted by atomic mass is 16.6. The van der Waals surface area contributed by atoms with Crippen molar-refractivity contribution in [1.29, 1.82) is 0 Å². The fourth-order valence-corrected chi connectivity index (χ4v) is 2.85. The van der Waals surface area contributed by atoms with Gasteiger partial charge in [-0.3, -0.25) is 14.9 Å². The smallest absolute Gasteiger partial charge is 0.311 e. The number of nitro groups is 1. The number of carbonyl (C=O) groups excluding carboxylic acids is 1. The van der Waals surface area contributed by atoms with Gasteiger partial charge in [-0.15, -0.1) is 0 Å². The number of hydrogen-bond donors (Lipinski definition) is 2. The minimum Gasteiger partial charge on any atom is -0.490 e. The number of hydrogen-bond acceptors (Lipinski definition) is 5. The van der Waals surface area contributed by atoms with Crippen molar-refractivity contribution < 1.29 is 24.1 Å². The molecule has 1 atom stereocenters. The van der Waals surface area contributed by atoms with Gasteiger partial charge in [0.25, 0.3) is 5.91 Å². The maximum Gasteiger partial charge on any atom is 0.311 e. The van der Waals surface area contributed by atoms with Crippen LogP contribution in [0.3, 0.4) is 0 Å². The Labute approximate surface area is 169 Å². The van der Waals surface area contributed by atoms with Crippen molar-refractivity contribution in [2.24, 2.45) is 0 Å². The van der Waals surface area contributed by atoms with Gasteiger partial charge < -0.3 is 19.7 Å². The van der Waals surface area contributed by atoms with E-state index in [0.29, 0.717) is 24.4 Å². The number of aryl methyl sites for hydroxylation is 1. The molecular formula is C21H26N3O5+. The van der Waals surface area contributed by atoms with E-state index < -0.39 is 4.92 Å². The lowest BCUT2D eigenvalue weighted by molar-refractivity contribution is -0.885. The van der Waals surface area contributed by atoms with Gasteiger partial charge in [-0.1, -0.05) is 12.7 Å². The predicted molar refractivity (Wildman–Crippen MR) is 111 cm³/mol. The first-order chi connectivity index (χ1) is 13.8. The standard InChI is InChI=1S/C21H25N3O5/c1-5-10-29-17-8-6-16(7-9-17)13-23(3)14-21(25)22-18-12-20(28-4)19(24(26)27)11-15(18)2/h5-9,11-12H,1,10,13-14H2,2-4H3,(H,22,25)/p+1. The second kappa shape index (κ2) is 10.2. The van der Waals surface area contributed by atoms with Crippen LogP contribution in [0, 0.1) is 17.0 Å². The fraction of sp³-hybridized carbons (Fsp3) is 0.286. The van der Waals surface area contributed by atoms with Gasteiger partial charge in [0.1, 0.15) is 18.9 Å². The van der Waals surface area contributed by atoms with Crippen molar-refractivity contribution in [2.45, 2.75) is 13.5 Å². The molecule has 0 aliphatic carbocycles. The van der Waals surface area contributed by atoms with Crippen LogP contribution in [0.2, 0.25) is 0 Å². The average molecular weight is 400 g/mol. The molecular weight excluding hydrogens is 374 g/mol. The number of nitrogens with one attached hydrogen (secondary N) is 2. The Kier molecular flexibility index (Phi) is 7.73. The van der Waals surface area contributed by atoms with E-state index in [9.17, 15) is 14.9 Å². The molecule has 29 heavy (non-hydrogen) atoms. The zero-order valence-electron chi connectivity index (χ0n) is 16.9. The van der Waals surface area contributed by atoms with E-state index in [-0.39, 0.29) is 23.9 Å². The van der Waals surface area contributed by atoms with Crippen LogP contribution in [-0.2, 0) is 11.3 Å². The van der Waals surface area contributed by atoms with Crippen LogP contribution in [0.1, 0.15) is 11.1 Å². The molecule has 0 saturated carbocycles. The fourth-order valence-electron chi connectivity index (χ4n) is 2.85. The Morgan fingerprint density at radius 2 is 2.00 bits per heavy atom. The molecule has 2 N–H and O–H groups in total. The number of methoxy groups -OCH3 is 1. The molecule has 2 rings (SSSR count). The summed E-state index contributed by atoms with van der Waals surface area (Å²) < 4.78 is 10.5. The monoisotopic (exact) mass is 400 g/mol. The first-order valence-electron chi connectivity index (χ1n) is 9.10. The maximum absolute atomic E-state index is 12.4. The van der Waals surface area contributed by atoms with E-state index in [1.165, 1.54) is 19.2 Å². The number of benzene rings is 2. The van der Waals surface area contributed by atoms with Gasteiger partial charge in [0.2, 0.25) is 0 Å². The molecule has 0 fully saturated rings. The van der Waals surface area contributed by atoms with Crippen molar-refractivity contribution in [1.82, 2.24) is 0 Å². The summed E-state index contributed by atoms with van der Waals surface area (Å²) in [5, 5.41) is 13.9. The summed E-state index contributed by atoms with van der Waals surface area (Å²) in [5.74, 6) is 0.689. The number of nitro benzene ring substituents is 1. The summed E-state index contributed by atoms with van der Waals surface area (Å²) in [7, 11) is 3.28. The minimum absolute atomic E-state index is 0.107. The van der Waals surface area contributed by atoms with Crippen LogP contribution < -0.4 is 19.7 Å². The van der Waals surface area contributed by atoms with Crippen LogP contribution in [0.25, 0.3) is 0 Å². The molecule has 0 heterocycles. The molecule has 8 nitrogen and oxygen atoms in total. The van der Waals surface area contributed by atoms with E-state index >= 15 is 0 Å². The SMILES string of the molecule is C=CCOc1ccc(C[NH+](C)CC(=O)Nc2cc(OC)c([N+](=O)[O-])cc2C)cc1. The van der Waals surface area contributed by atoms with E-state index in [1.54, 1.807) is 13.0 Å². The van der Waals surface area contributed by atoms with Crippen molar-refractivity contribution in [3.63, 3.8) is 0 Å². The predicted octanol–water partition coefficient (Wildman–Crippen LogP) is 2.13. The topological polar surface area (TPSA) is 95.1 Å². The molecule has 0 radical (unpaired) electrons. The first-order valence-corrected chi connectivity index (χ1v) is 9.10. The molecule has 2 aromatic carbocycles. The third-order valence-corrected chi connectivity index (χ3v) is 4.26. The van der Waals surface area contributed by atoms with Gasteiger partial charge >= 0.3 is 5.69 Å². The van der Waals surface area contributed by atoms with Crippen LogP contribution >= 0.6 is 0 Å². The largest absolute Gasteiger partial charge is 0.490 e. The van der Waals surface area contributed by atoms with Crippen molar-refractivity contribution in [3.05, 3.63) is 70.3 Å². The van der Waals surface area contributed by atoms with Crippen LogP contribution in [0.5, 0.6) is 11.5 Å². The quantitative estimate of drug-likeness (QED) is 0.362. The lowest BCUT2D eigenvalue weighted by Crippen LogP contribution is -3.08. The van der Waals surface area contributed by atoms with E-state index in [2.05, 4.69) is 11.9 Å². The number of amides is 1. The molecule has 0 aliphatic heterocycles. The number of anilines is 1. The molecule has 2 aromatic rings. The van der Waals surface area contributed by atoms with Gasteiger partial charge in [-0.05, 0) is 36.8 Å². The Bertz CT molecular complexity index is 881. The van der Waals surface area contributed by atoms with Crippen molar-refractivity contribution >= 4 is 17.3 Å². The third kappa shape index (κ3) is 6.32. The number of quaternary nitrogens is 1. The molecule has 154 valence electrons. The van der Waals surface area contributed by atoms with Gasteiger partial charge in [0.15, 0.2) is 12.3 Å². The van der Waals surface area contributed by atoms with Gasteiger partial charge in [0, 0.05) is 23.4 Å².